The molecule has 5 nitrogen and oxygen atoms in total. The van der Waals surface area contributed by atoms with Gasteiger partial charge in [-0.2, -0.15) is 0 Å². The maximum absolute atomic E-state index is 11.6. The first-order valence-corrected chi connectivity index (χ1v) is 5.29. The summed E-state index contributed by atoms with van der Waals surface area (Å²) in [7, 11) is 3.42. The molecule has 1 N–H and O–H groups in total. The molecule has 0 aromatic carbocycles. The number of rotatable bonds is 5. The number of likely N-dealkylation sites (tertiary alicyclic amines) is 1. The lowest BCUT2D eigenvalue weighted by Gasteiger charge is -2.15. The Morgan fingerprint density at radius 2 is 2.13 bits per heavy atom. The van der Waals surface area contributed by atoms with Crippen molar-refractivity contribution in [3.8, 4) is 0 Å². The second kappa shape index (κ2) is 6.05. The number of nitrogens with one attached hydrogen (secondary N) is 1. The Bertz CT molecular complexity index is 211. The molecule has 15 heavy (non-hydrogen) atoms. The van der Waals surface area contributed by atoms with E-state index in [1.54, 1.807) is 19.1 Å². The van der Waals surface area contributed by atoms with Crippen molar-refractivity contribution < 1.29 is 14.3 Å². The van der Waals surface area contributed by atoms with Gasteiger partial charge in [0.25, 0.3) is 0 Å². The average Bonchev–Trinajstić information content (AvgIpc) is 2.62. The average molecular weight is 216 g/mol. The highest BCUT2D eigenvalue weighted by Gasteiger charge is 2.35. The van der Waals surface area contributed by atoms with Crippen molar-refractivity contribution in [2.75, 3.05) is 40.4 Å². The van der Waals surface area contributed by atoms with Crippen LogP contribution in [0, 0.1) is 0 Å². The summed E-state index contributed by atoms with van der Waals surface area (Å²) < 4.78 is 10.8. The first kappa shape index (κ1) is 12.4. The third-order valence-corrected chi connectivity index (χ3v) is 2.58. The Morgan fingerprint density at radius 3 is 2.67 bits per heavy atom. The molecule has 5 heteroatoms. The number of hydrogen-bond donors (Lipinski definition) is 1. The zero-order chi connectivity index (χ0) is 11.3. The third kappa shape index (κ3) is 3.15. The third-order valence-electron chi connectivity index (χ3n) is 2.58. The van der Waals surface area contributed by atoms with E-state index in [1.807, 2.05) is 6.92 Å². The number of hydrogen-bond acceptors (Lipinski definition) is 4. The molecule has 1 fully saturated rings. The molecule has 0 saturated carbocycles. The highest BCUT2D eigenvalue weighted by atomic mass is 16.5. The molecule has 0 aromatic heterocycles. The van der Waals surface area contributed by atoms with E-state index in [9.17, 15) is 4.79 Å². The van der Waals surface area contributed by atoms with Gasteiger partial charge in [0.05, 0.1) is 6.54 Å². The molecule has 0 radical (unpaired) electrons. The van der Waals surface area contributed by atoms with Crippen molar-refractivity contribution in [3.63, 3.8) is 0 Å². The number of carbonyl (C=O) groups excluding carboxylic acids is 1. The minimum Gasteiger partial charge on any atom is -0.377 e. The Balaban J connectivity index is 2.48. The van der Waals surface area contributed by atoms with Gasteiger partial charge in [0.15, 0.2) is 0 Å². The fourth-order valence-corrected chi connectivity index (χ4v) is 1.81. The summed E-state index contributed by atoms with van der Waals surface area (Å²) in [6.07, 6.45) is 0.0200. The first-order valence-electron chi connectivity index (χ1n) is 5.29. The van der Waals surface area contributed by atoms with E-state index < -0.39 is 0 Å². The van der Waals surface area contributed by atoms with Crippen LogP contribution in [-0.2, 0) is 14.3 Å². The van der Waals surface area contributed by atoms with Crippen molar-refractivity contribution >= 4 is 5.91 Å². The summed E-state index contributed by atoms with van der Waals surface area (Å²) in [6.45, 7) is 4.23. The summed E-state index contributed by atoms with van der Waals surface area (Å²) in [6, 6.07) is 0. The summed E-state index contributed by atoms with van der Waals surface area (Å²) in [4.78, 5) is 13.4. The lowest BCUT2D eigenvalue weighted by atomic mass is 10.2. The largest absolute Gasteiger partial charge is 0.377 e. The lowest BCUT2D eigenvalue weighted by Crippen LogP contribution is -2.36. The molecule has 1 aliphatic rings. The standard InChI is InChI=1S/C10H20N2O3/c1-4-15-9-7-12(6-8(9)14-3)10(13)5-11-2/h8-9,11H,4-7H2,1-3H3. The van der Waals surface area contributed by atoms with E-state index in [4.69, 9.17) is 9.47 Å². The molecule has 1 amide bonds. The van der Waals surface area contributed by atoms with Crippen LogP contribution < -0.4 is 5.32 Å². The Labute approximate surface area is 90.7 Å². The van der Waals surface area contributed by atoms with Gasteiger partial charge in [-0.3, -0.25) is 4.79 Å². The van der Waals surface area contributed by atoms with Crippen molar-refractivity contribution in [2.24, 2.45) is 0 Å². The van der Waals surface area contributed by atoms with Gasteiger partial charge in [-0.15, -0.1) is 0 Å². The second-order valence-corrected chi connectivity index (χ2v) is 3.60. The maximum atomic E-state index is 11.6. The van der Waals surface area contributed by atoms with Gasteiger partial charge in [-0.25, -0.2) is 0 Å². The van der Waals surface area contributed by atoms with Gasteiger partial charge in [0.1, 0.15) is 12.2 Å². The predicted molar refractivity (Wildman–Crippen MR) is 56.7 cm³/mol. The molecule has 2 unspecified atom stereocenters. The molecular weight excluding hydrogens is 196 g/mol. The highest BCUT2D eigenvalue weighted by molar-refractivity contribution is 5.78. The van der Waals surface area contributed by atoms with Crippen molar-refractivity contribution in [3.05, 3.63) is 0 Å². The quantitative estimate of drug-likeness (QED) is 0.671. The van der Waals surface area contributed by atoms with Gasteiger partial charge >= 0.3 is 0 Å². The number of likely N-dealkylation sites (N-methyl/N-ethyl adjacent to an activating group) is 1. The van der Waals surface area contributed by atoms with Crippen LogP contribution in [0.25, 0.3) is 0 Å². The number of amides is 1. The van der Waals surface area contributed by atoms with Gasteiger partial charge in [-0.05, 0) is 14.0 Å². The van der Waals surface area contributed by atoms with Crippen molar-refractivity contribution in [1.82, 2.24) is 10.2 Å². The normalized spacial score (nSPS) is 25.9. The van der Waals surface area contributed by atoms with Gasteiger partial charge in [0, 0.05) is 26.8 Å². The molecule has 88 valence electrons. The first-order chi connectivity index (χ1) is 7.22. The minimum atomic E-state index is 0.00533. The fraction of sp³-hybridized carbons (Fsp3) is 0.900. The zero-order valence-electron chi connectivity index (χ0n) is 9.66. The molecule has 1 saturated heterocycles. The van der Waals surface area contributed by atoms with E-state index in [0.29, 0.717) is 26.2 Å². The van der Waals surface area contributed by atoms with Crippen LogP contribution in [0.5, 0.6) is 0 Å². The molecular formula is C10H20N2O3. The highest BCUT2D eigenvalue weighted by Crippen LogP contribution is 2.16. The number of ether oxygens (including phenoxy) is 2. The Hall–Kier alpha value is -0.650. The van der Waals surface area contributed by atoms with Crippen molar-refractivity contribution in [2.45, 2.75) is 19.1 Å². The number of carbonyl (C=O) groups is 1. The lowest BCUT2D eigenvalue weighted by molar-refractivity contribution is -0.129. The SMILES string of the molecule is CCOC1CN(C(=O)CNC)CC1OC. The summed E-state index contributed by atoms with van der Waals surface area (Å²) in [5.41, 5.74) is 0. The van der Waals surface area contributed by atoms with E-state index in [0.717, 1.165) is 0 Å². The minimum absolute atomic E-state index is 0.00533. The van der Waals surface area contributed by atoms with E-state index in [2.05, 4.69) is 5.32 Å². The summed E-state index contributed by atoms with van der Waals surface area (Å²) >= 11 is 0. The van der Waals surface area contributed by atoms with Gasteiger partial charge < -0.3 is 19.7 Å². The summed E-state index contributed by atoms with van der Waals surface area (Å²) in [5, 5.41) is 2.85. The molecule has 1 rings (SSSR count). The molecule has 0 aromatic rings. The molecule has 1 aliphatic heterocycles. The molecule has 0 bridgehead atoms. The fourth-order valence-electron chi connectivity index (χ4n) is 1.81. The van der Waals surface area contributed by atoms with Crippen LogP contribution in [0.4, 0.5) is 0 Å². The van der Waals surface area contributed by atoms with Crippen LogP contribution >= 0.6 is 0 Å². The maximum Gasteiger partial charge on any atom is 0.236 e. The molecule has 0 aliphatic carbocycles. The summed E-state index contributed by atoms with van der Waals surface area (Å²) in [5.74, 6) is 0.0988. The van der Waals surface area contributed by atoms with Crippen LogP contribution in [0.15, 0.2) is 0 Å². The van der Waals surface area contributed by atoms with Crippen LogP contribution in [0.2, 0.25) is 0 Å². The molecule has 1 heterocycles. The van der Waals surface area contributed by atoms with Gasteiger partial charge in [0.2, 0.25) is 5.91 Å². The monoisotopic (exact) mass is 216 g/mol. The van der Waals surface area contributed by atoms with Crippen LogP contribution in [-0.4, -0.2) is 63.4 Å². The second-order valence-electron chi connectivity index (χ2n) is 3.60. The van der Waals surface area contributed by atoms with Gasteiger partial charge in [-0.1, -0.05) is 0 Å². The van der Waals surface area contributed by atoms with E-state index in [1.165, 1.54) is 0 Å². The number of nitrogens with zero attached hydrogens (tertiary/aromatic N) is 1. The smallest absolute Gasteiger partial charge is 0.236 e. The zero-order valence-corrected chi connectivity index (χ0v) is 9.66. The number of methoxy groups -OCH3 is 1. The van der Waals surface area contributed by atoms with Crippen molar-refractivity contribution in [1.29, 1.82) is 0 Å². The van der Waals surface area contributed by atoms with E-state index >= 15 is 0 Å². The molecule has 2 atom stereocenters. The molecule has 0 spiro atoms. The Morgan fingerprint density at radius 1 is 1.47 bits per heavy atom. The topological polar surface area (TPSA) is 50.8 Å². The van der Waals surface area contributed by atoms with Crippen LogP contribution in [0.1, 0.15) is 6.92 Å². The predicted octanol–water partition coefficient (Wildman–Crippen LogP) is -0.532. The van der Waals surface area contributed by atoms with Crippen LogP contribution in [0.3, 0.4) is 0 Å². The van der Waals surface area contributed by atoms with E-state index in [-0.39, 0.29) is 18.1 Å². The Kier molecular flexibility index (Phi) is 5.01.